The predicted octanol–water partition coefficient (Wildman–Crippen LogP) is -0.706. The summed E-state index contributed by atoms with van der Waals surface area (Å²) in [6.45, 7) is 1.70. The van der Waals surface area contributed by atoms with Crippen molar-refractivity contribution < 1.29 is 22.9 Å². The van der Waals surface area contributed by atoms with E-state index >= 15 is 0 Å². The molecule has 0 amide bonds. The van der Waals surface area contributed by atoms with Crippen molar-refractivity contribution in [3.63, 3.8) is 0 Å². The Balaban J connectivity index is 2.13. The zero-order valence-corrected chi connectivity index (χ0v) is 13.2. The minimum atomic E-state index is -4.10. The first-order valence-corrected chi connectivity index (χ1v) is 8.24. The number of aromatic nitrogens is 6. The molecule has 2 aromatic heterocycles. The van der Waals surface area contributed by atoms with E-state index in [9.17, 15) is 13.2 Å². The van der Waals surface area contributed by atoms with Crippen LogP contribution in [0.4, 0.5) is 17.8 Å². The quantitative estimate of drug-likeness (QED) is 0.372. The molecule has 13 nitrogen and oxygen atoms in total. The van der Waals surface area contributed by atoms with Crippen LogP contribution in [0.1, 0.15) is 23.4 Å². The van der Waals surface area contributed by atoms with Crippen LogP contribution < -0.4 is 10.6 Å². The third-order valence-electron chi connectivity index (χ3n) is 2.55. The molecule has 0 saturated carbocycles. The van der Waals surface area contributed by atoms with E-state index in [0.29, 0.717) is 12.2 Å². The van der Waals surface area contributed by atoms with Gasteiger partial charge in [-0.1, -0.05) is 6.92 Å². The number of aryl methyl sites for hydroxylation is 1. The van der Waals surface area contributed by atoms with Gasteiger partial charge in [0.1, 0.15) is 5.82 Å². The van der Waals surface area contributed by atoms with Crippen molar-refractivity contribution in [2.75, 3.05) is 22.9 Å². The van der Waals surface area contributed by atoms with E-state index in [0.717, 1.165) is 0 Å². The second-order valence-electron chi connectivity index (χ2n) is 4.40. The standard InChI is InChI=1S/C10H14N8O5S/c1-2-5-12-8(11-3-4-24(21,22)23)15-9(13-5)16-10-14-6(7(19)20)17-18-10/h2-4H2,1H3,(H,19,20)(H,21,22,23)(H3,11,12,13,14,15,16,17,18). The van der Waals surface area contributed by atoms with E-state index in [1.807, 2.05) is 0 Å². The molecule has 2 aromatic rings. The van der Waals surface area contributed by atoms with Crippen LogP contribution in [-0.4, -0.2) is 66.5 Å². The number of hydrogen-bond donors (Lipinski definition) is 5. The van der Waals surface area contributed by atoms with Crippen molar-refractivity contribution in [1.29, 1.82) is 0 Å². The number of carbonyl (C=O) groups is 1. The highest BCUT2D eigenvalue weighted by molar-refractivity contribution is 7.85. The third kappa shape index (κ3) is 5.10. The van der Waals surface area contributed by atoms with Gasteiger partial charge in [0.25, 0.3) is 10.1 Å². The molecule has 5 N–H and O–H groups in total. The minimum absolute atomic E-state index is 0.0483. The maximum absolute atomic E-state index is 10.7. The average molecular weight is 358 g/mol. The largest absolute Gasteiger partial charge is 0.475 e. The number of hydrogen-bond acceptors (Lipinski definition) is 10. The van der Waals surface area contributed by atoms with E-state index in [2.05, 4.69) is 40.8 Å². The lowest BCUT2D eigenvalue weighted by Gasteiger charge is -2.07. The number of nitrogens with zero attached hydrogens (tertiary/aromatic N) is 5. The fourth-order valence-electron chi connectivity index (χ4n) is 1.52. The highest BCUT2D eigenvalue weighted by Crippen LogP contribution is 2.10. The van der Waals surface area contributed by atoms with Gasteiger partial charge in [-0.15, -0.1) is 5.10 Å². The summed E-state index contributed by atoms with van der Waals surface area (Å²) in [5.74, 6) is -1.65. The molecule has 0 aliphatic carbocycles. The average Bonchev–Trinajstić information content (AvgIpc) is 2.94. The first-order chi connectivity index (χ1) is 11.3. The van der Waals surface area contributed by atoms with E-state index in [1.54, 1.807) is 6.92 Å². The lowest BCUT2D eigenvalue weighted by atomic mass is 10.4. The Morgan fingerprint density at radius 1 is 1.17 bits per heavy atom. The Labute approximate surface area is 135 Å². The Morgan fingerprint density at radius 2 is 1.88 bits per heavy atom. The van der Waals surface area contributed by atoms with Crippen LogP contribution >= 0.6 is 0 Å². The first kappa shape index (κ1) is 17.5. The number of rotatable bonds is 8. The van der Waals surface area contributed by atoms with Crippen LogP contribution in [0.5, 0.6) is 0 Å². The summed E-state index contributed by atoms with van der Waals surface area (Å²) in [7, 11) is -4.10. The SMILES string of the molecule is CCc1nc(NCCS(=O)(=O)O)nc(Nc2n[nH]c(C(=O)O)n2)n1. The van der Waals surface area contributed by atoms with Crippen LogP contribution in [0.15, 0.2) is 0 Å². The number of carboxylic acid groups (broad SMARTS) is 1. The van der Waals surface area contributed by atoms with Crippen molar-refractivity contribution in [3.8, 4) is 0 Å². The number of anilines is 3. The van der Waals surface area contributed by atoms with Gasteiger partial charge in [0.15, 0.2) is 0 Å². The van der Waals surface area contributed by atoms with Gasteiger partial charge in [-0.3, -0.25) is 15.0 Å². The first-order valence-electron chi connectivity index (χ1n) is 6.63. The number of carboxylic acids is 1. The van der Waals surface area contributed by atoms with Gasteiger partial charge in [0.05, 0.1) is 5.75 Å². The lowest BCUT2D eigenvalue weighted by molar-refractivity contribution is 0.0684. The molecule has 2 rings (SSSR count). The second-order valence-corrected chi connectivity index (χ2v) is 5.98. The monoisotopic (exact) mass is 358 g/mol. The van der Waals surface area contributed by atoms with Crippen molar-refractivity contribution >= 4 is 33.9 Å². The second kappa shape index (κ2) is 7.14. The molecule has 2 heterocycles. The number of nitrogens with one attached hydrogen (secondary N) is 3. The molecule has 0 spiro atoms. The zero-order valence-electron chi connectivity index (χ0n) is 12.4. The Kier molecular flexibility index (Phi) is 5.20. The number of aromatic amines is 1. The van der Waals surface area contributed by atoms with Gasteiger partial charge < -0.3 is 10.4 Å². The summed E-state index contributed by atoms with van der Waals surface area (Å²) < 4.78 is 30.1. The molecule has 0 unspecified atom stereocenters. The highest BCUT2D eigenvalue weighted by atomic mass is 32.2. The fourth-order valence-corrected chi connectivity index (χ4v) is 1.88. The van der Waals surface area contributed by atoms with Crippen molar-refractivity contribution in [2.24, 2.45) is 0 Å². The number of H-pyrrole nitrogens is 1. The molecule has 0 aromatic carbocycles. The van der Waals surface area contributed by atoms with Crippen LogP contribution in [0.25, 0.3) is 0 Å². The van der Waals surface area contributed by atoms with Crippen LogP contribution in [0, 0.1) is 0 Å². The molecule has 0 bridgehead atoms. The summed E-state index contributed by atoms with van der Waals surface area (Å²) in [6, 6.07) is 0. The smallest absolute Gasteiger partial charge is 0.373 e. The molecule has 0 radical (unpaired) electrons. The van der Waals surface area contributed by atoms with E-state index in [4.69, 9.17) is 9.66 Å². The van der Waals surface area contributed by atoms with Crippen LogP contribution in [0.2, 0.25) is 0 Å². The Bertz CT molecular complexity index is 836. The van der Waals surface area contributed by atoms with Crippen LogP contribution in [-0.2, 0) is 16.5 Å². The predicted molar refractivity (Wildman–Crippen MR) is 80.7 cm³/mol. The molecule has 0 aliphatic rings. The minimum Gasteiger partial charge on any atom is -0.475 e. The summed E-state index contributed by atoms with van der Waals surface area (Å²) in [6.07, 6.45) is 0.471. The fraction of sp³-hybridized carbons (Fsp3) is 0.400. The summed E-state index contributed by atoms with van der Waals surface area (Å²) in [4.78, 5) is 26.5. The molecule has 130 valence electrons. The van der Waals surface area contributed by atoms with Gasteiger partial charge in [0.2, 0.25) is 23.7 Å². The van der Waals surface area contributed by atoms with E-state index in [-0.39, 0.29) is 30.2 Å². The maximum Gasteiger partial charge on any atom is 0.373 e. The third-order valence-corrected chi connectivity index (χ3v) is 3.27. The topological polar surface area (TPSA) is 196 Å². The molecule has 0 fully saturated rings. The van der Waals surface area contributed by atoms with Gasteiger partial charge in [-0.25, -0.2) is 4.79 Å². The van der Waals surface area contributed by atoms with E-state index in [1.165, 1.54) is 0 Å². The lowest BCUT2D eigenvalue weighted by Crippen LogP contribution is -2.17. The molecule has 24 heavy (non-hydrogen) atoms. The molecule has 0 saturated heterocycles. The summed E-state index contributed by atoms with van der Waals surface area (Å²) in [5, 5.41) is 19.9. The Morgan fingerprint density at radius 3 is 2.46 bits per heavy atom. The molecular weight excluding hydrogens is 344 g/mol. The van der Waals surface area contributed by atoms with Gasteiger partial charge >= 0.3 is 5.97 Å². The van der Waals surface area contributed by atoms with Gasteiger partial charge in [-0.2, -0.15) is 28.4 Å². The zero-order chi connectivity index (χ0) is 17.7. The number of aromatic carboxylic acids is 1. The van der Waals surface area contributed by atoms with E-state index < -0.39 is 21.8 Å². The molecule has 14 heteroatoms. The van der Waals surface area contributed by atoms with Crippen molar-refractivity contribution in [1.82, 2.24) is 30.1 Å². The highest BCUT2D eigenvalue weighted by Gasteiger charge is 2.12. The van der Waals surface area contributed by atoms with Crippen molar-refractivity contribution in [3.05, 3.63) is 11.6 Å². The molecule has 0 atom stereocenters. The summed E-state index contributed by atoms with van der Waals surface area (Å²) in [5.41, 5.74) is 0. The van der Waals surface area contributed by atoms with Crippen LogP contribution in [0.3, 0.4) is 0 Å². The normalized spacial score (nSPS) is 11.2. The van der Waals surface area contributed by atoms with Gasteiger partial charge in [-0.05, 0) is 0 Å². The van der Waals surface area contributed by atoms with Gasteiger partial charge in [0, 0.05) is 13.0 Å². The summed E-state index contributed by atoms with van der Waals surface area (Å²) >= 11 is 0. The maximum atomic E-state index is 10.7. The molecule has 0 aliphatic heterocycles. The molecular formula is C10H14N8O5S. The Hall–Kier alpha value is -2.87. The van der Waals surface area contributed by atoms with Crippen molar-refractivity contribution in [2.45, 2.75) is 13.3 Å².